The fourth-order valence-corrected chi connectivity index (χ4v) is 1.50. The first-order chi connectivity index (χ1) is 7.79. The number of H-pyrrole nitrogens is 1. The van der Waals surface area contributed by atoms with Gasteiger partial charge >= 0.3 is 0 Å². The average molecular weight is 221 g/mol. The second-order valence-corrected chi connectivity index (χ2v) is 3.61. The van der Waals surface area contributed by atoms with Crippen molar-refractivity contribution < 1.29 is 4.52 Å². The van der Waals surface area contributed by atoms with E-state index in [1.54, 1.807) is 12.4 Å². The minimum absolute atomic E-state index is 0.329. The molecule has 0 spiro atoms. The van der Waals surface area contributed by atoms with Crippen molar-refractivity contribution in [1.82, 2.24) is 25.4 Å². The number of rotatable bonds is 5. The molecule has 6 heteroatoms. The number of nitrogens with zero attached hydrogens (tertiary/aromatic N) is 3. The first-order valence-electron chi connectivity index (χ1n) is 5.35. The highest BCUT2D eigenvalue weighted by Crippen LogP contribution is 2.10. The highest BCUT2D eigenvalue weighted by atomic mass is 16.5. The Kier molecular flexibility index (Phi) is 3.31. The molecule has 0 aliphatic carbocycles. The fourth-order valence-electron chi connectivity index (χ4n) is 1.50. The van der Waals surface area contributed by atoms with Gasteiger partial charge in [-0.2, -0.15) is 4.98 Å². The van der Waals surface area contributed by atoms with Crippen molar-refractivity contribution in [3.05, 3.63) is 18.3 Å². The Labute approximate surface area is 93.5 Å². The van der Waals surface area contributed by atoms with Gasteiger partial charge in [0.2, 0.25) is 11.7 Å². The Bertz CT molecular complexity index is 422. The lowest BCUT2D eigenvalue weighted by atomic mass is 10.2. The molecule has 2 aromatic heterocycles. The molecule has 2 N–H and O–H groups in total. The quantitative estimate of drug-likeness (QED) is 0.787. The minimum atomic E-state index is 0.329. The number of imidazole rings is 1. The lowest BCUT2D eigenvalue weighted by Crippen LogP contribution is -2.27. The maximum atomic E-state index is 5.14. The summed E-state index contributed by atoms with van der Waals surface area (Å²) < 4.78 is 5.14. The van der Waals surface area contributed by atoms with Crippen LogP contribution in [0.3, 0.4) is 0 Å². The highest BCUT2D eigenvalue weighted by Gasteiger charge is 2.12. The van der Waals surface area contributed by atoms with Crippen LogP contribution in [0.25, 0.3) is 11.6 Å². The van der Waals surface area contributed by atoms with Crippen LogP contribution in [0.4, 0.5) is 0 Å². The molecule has 2 rings (SSSR count). The summed E-state index contributed by atoms with van der Waals surface area (Å²) in [5.74, 6) is 1.76. The van der Waals surface area contributed by atoms with Gasteiger partial charge in [-0.1, -0.05) is 12.1 Å². The lowest BCUT2D eigenvalue weighted by Gasteiger charge is -2.07. The molecule has 2 heterocycles. The van der Waals surface area contributed by atoms with Crippen LogP contribution in [0, 0.1) is 0 Å². The number of aromatic nitrogens is 4. The molecular weight excluding hydrogens is 206 g/mol. The van der Waals surface area contributed by atoms with Gasteiger partial charge in [0.05, 0.1) is 0 Å². The molecule has 0 radical (unpaired) electrons. The zero-order chi connectivity index (χ0) is 11.4. The summed E-state index contributed by atoms with van der Waals surface area (Å²) >= 11 is 0. The summed E-state index contributed by atoms with van der Waals surface area (Å²) in [5.41, 5.74) is 0. The highest BCUT2D eigenvalue weighted by molar-refractivity contribution is 5.40. The van der Waals surface area contributed by atoms with Crippen molar-refractivity contribution in [2.75, 3.05) is 6.54 Å². The van der Waals surface area contributed by atoms with Gasteiger partial charge in [0.15, 0.2) is 5.82 Å². The van der Waals surface area contributed by atoms with E-state index < -0.39 is 0 Å². The molecule has 0 aliphatic heterocycles. The summed E-state index contributed by atoms with van der Waals surface area (Å²) in [4.78, 5) is 11.3. The van der Waals surface area contributed by atoms with Gasteiger partial charge in [-0.05, 0) is 13.5 Å². The van der Waals surface area contributed by atoms with Gasteiger partial charge in [0.1, 0.15) is 0 Å². The first-order valence-corrected chi connectivity index (χ1v) is 5.35. The van der Waals surface area contributed by atoms with E-state index in [-0.39, 0.29) is 0 Å². The Morgan fingerprint density at radius 2 is 2.44 bits per heavy atom. The van der Waals surface area contributed by atoms with Crippen molar-refractivity contribution in [3.63, 3.8) is 0 Å². The third-order valence-electron chi connectivity index (χ3n) is 2.21. The van der Waals surface area contributed by atoms with E-state index in [1.807, 2.05) is 0 Å². The smallest absolute Gasteiger partial charge is 0.238 e. The van der Waals surface area contributed by atoms with Gasteiger partial charge in [-0.25, -0.2) is 4.98 Å². The maximum Gasteiger partial charge on any atom is 0.238 e. The molecule has 0 aromatic carbocycles. The van der Waals surface area contributed by atoms with E-state index in [9.17, 15) is 0 Å². The van der Waals surface area contributed by atoms with Crippen molar-refractivity contribution in [3.8, 4) is 11.6 Å². The Hall–Kier alpha value is -1.69. The average Bonchev–Trinajstić information content (AvgIpc) is 2.86. The van der Waals surface area contributed by atoms with Crippen molar-refractivity contribution >= 4 is 0 Å². The first kappa shape index (κ1) is 10.8. The maximum absolute atomic E-state index is 5.14. The SMILES string of the molecule is CCNC(C)Cc1nc(-c2ncc[nH]2)no1. The van der Waals surface area contributed by atoms with Crippen molar-refractivity contribution in [2.24, 2.45) is 0 Å². The molecular formula is C10H15N5O. The van der Waals surface area contributed by atoms with Gasteiger partial charge in [0.25, 0.3) is 0 Å². The second-order valence-electron chi connectivity index (χ2n) is 3.61. The molecule has 0 fully saturated rings. The van der Waals surface area contributed by atoms with Gasteiger partial charge in [-0.15, -0.1) is 0 Å². The van der Waals surface area contributed by atoms with E-state index in [0.717, 1.165) is 13.0 Å². The van der Waals surface area contributed by atoms with Gasteiger partial charge in [-0.3, -0.25) is 0 Å². The Balaban J connectivity index is 2.03. The van der Waals surface area contributed by atoms with Crippen LogP contribution >= 0.6 is 0 Å². The minimum Gasteiger partial charge on any atom is -0.342 e. The number of hydrogen-bond acceptors (Lipinski definition) is 5. The topological polar surface area (TPSA) is 79.6 Å². The largest absolute Gasteiger partial charge is 0.342 e. The zero-order valence-electron chi connectivity index (χ0n) is 9.40. The molecule has 1 atom stereocenters. The van der Waals surface area contributed by atoms with Crippen LogP contribution in [0.1, 0.15) is 19.7 Å². The molecule has 0 amide bonds. The number of aromatic amines is 1. The Morgan fingerprint density at radius 3 is 3.12 bits per heavy atom. The summed E-state index contributed by atoms with van der Waals surface area (Å²) in [7, 11) is 0. The van der Waals surface area contributed by atoms with Crippen LogP contribution < -0.4 is 5.32 Å². The molecule has 0 aliphatic rings. The standard InChI is InChI=1S/C10H15N5O/c1-3-11-7(2)6-8-14-10(15-16-8)9-12-4-5-13-9/h4-5,7,11H,3,6H2,1-2H3,(H,12,13). The van der Waals surface area contributed by atoms with Crippen LogP contribution in [0.5, 0.6) is 0 Å². The molecule has 16 heavy (non-hydrogen) atoms. The third-order valence-corrected chi connectivity index (χ3v) is 2.21. The van der Waals surface area contributed by atoms with E-state index in [1.165, 1.54) is 0 Å². The van der Waals surface area contributed by atoms with Crippen LogP contribution in [0.15, 0.2) is 16.9 Å². The van der Waals surface area contributed by atoms with Crippen molar-refractivity contribution in [1.29, 1.82) is 0 Å². The predicted molar refractivity (Wildman–Crippen MR) is 58.7 cm³/mol. The molecule has 0 saturated heterocycles. The zero-order valence-corrected chi connectivity index (χ0v) is 9.40. The Morgan fingerprint density at radius 1 is 1.56 bits per heavy atom. The van der Waals surface area contributed by atoms with Gasteiger partial charge in [0, 0.05) is 24.9 Å². The second kappa shape index (κ2) is 4.89. The molecule has 6 nitrogen and oxygen atoms in total. The molecule has 0 bridgehead atoms. The van der Waals surface area contributed by atoms with Gasteiger partial charge < -0.3 is 14.8 Å². The van der Waals surface area contributed by atoms with Crippen LogP contribution in [-0.4, -0.2) is 32.7 Å². The van der Waals surface area contributed by atoms with E-state index >= 15 is 0 Å². The van der Waals surface area contributed by atoms with Crippen LogP contribution in [0.2, 0.25) is 0 Å². The monoisotopic (exact) mass is 221 g/mol. The molecule has 1 unspecified atom stereocenters. The summed E-state index contributed by atoms with van der Waals surface area (Å²) in [6, 6.07) is 0.329. The lowest BCUT2D eigenvalue weighted by molar-refractivity contribution is 0.363. The number of hydrogen-bond donors (Lipinski definition) is 2. The summed E-state index contributed by atoms with van der Waals surface area (Å²) in [5, 5.41) is 7.15. The number of nitrogens with one attached hydrogen (secondary N) is 2. The third kappa shape index (κ3) is 2.46. The van der Waals surface area contributed by atoms with Crippen molar-refractivity contribution in [2.45, 2.75) is 26.3 Å². The molecule has 2 aromatic rings. The van der Waals surface area contributed by atoms with Crippen LogP contribution in [-0.2, 0) is 6.42 Å². The fraction of sp³-hybridized carbons (Fsp3) is 0.500. The normalized spacial score (nSPS) is 12.9. The van der Waals surface area contributed by atoms with E-state index in [2.05, 4.69) is 39.3 Å². The summed E-state index contributed by atoms with van der Waals surface area (Å²) in [6.07, 6.45) is 4.11. The molecule has 0 saturated carbocycles. The van der Waals surface area contributed by atoms with E-state index in [4.69, 9.17) is 4.52 Å². The number of likely N-dealkylation sites (N-methyl/N-ethyl adjacent to an activating group) is 1. The predicted octanol–water partition coefficient (Wildman–Crippen LogP) is 1.00. The molecule has 86 valence electrons. The van der Waals surface area contributed by atoms with E-state index in [0.29, 0.717) is 23.6 Å². The summed E-state index contributed by atoms with van der Waals surface area (Å²) in [6.45, 7) is 5.08.